The number of hydrogen-bond acceptors (Lipinski definition) is 3. The van der Waals surface area contributed by atoms with E-state index < -0.39 is 0 Å². The average Bonchev–Trinajstić information content (AvgIpc) is 2.98. The van der Waals surface area contributed by atoms with E-state index in [1.165, 1.54) is 0 Å². The van der Waals surface area contributed by atoms with Crippen LogP contribution in [0.15, 0.2) is 42.5 Å². The Morgan fingerprint density at radius 2 is 2.04 bits per heavy atom. The smallest absolute Gasteiger partial charge is 0.251 e. The number of rotatable bonds is 6. The molecule has 0 spiro atoms. The Morgan fingerprint density at radius 1 is 1.25 bits per heavy atom. The summed E-state index contributed by atoms with van der Waals surface area (Å²) >= 11 is 0. The van der Waals surface area contributed by atoms with Crippen molar-refractivity contribution in [2.24, 2.45) is 0 Å². The van der Waals surface area contributed by atoms with Crippen LogP contribution in [-0.2, 0) is 11.2 Å². The van der Waals surface area contributed by atoms with E-state index in [-0.39, 0.29) is 12.0 Å². The second-order valence-electron chi connectivity index (χ2n) is 5.79. The monoisotopic (exact) mass is 328 g/mol. The minimum absolute atomic E-state index is 0.128. The fourth-order valence-corrected chi connectivity index (χ4v) is 2.89. The number of carbonyl (C=O) groups excluding carboxylic acids is 1. The molecule has 0 fully saturated rings. The Labute approximate surface area is 141 Å². The molecule has 0 heterocycles. The maximum absolute atomic E-state index is 12.0. The quantitative estimate of drug-likeness (QED) is 0.654. The van der Waals surface area contributed by atoms with Gasteiger partial charge in [0.05, 0.1) is 6.61 Å². The Hall–Kier alpha value is -2.37. The zero-order valence-electron chi connectivity index (χ0n) is 13.7. The van der Waals surface area contributed by atoms with E-state index in [0.29, 0.717) is 24.5 Å². The van der Waals surface area contributed by atoms with E-state index in [0.717, 1.165) is 29.7 Å². The largest absolute Gasteiger partial charge is 0.457 e. The van der Waals surface area contributed by atoms with Crippen LogP contribution in [-0.4, -0.2) is 31.3 Å². The maximum Gasteiger partial charge on any atom is 0.251 e. The molecule has 126 valence electrons. The highest BCUT2D eigenvalue weighted by Gasteiger charge is 2.26. The lowest BCUT2D eigenvalue weighted by Gasteiger charge is -2.11. The molecule has 1 atom stereocenters. The van der Waals surface area contributed by atoms with Crippen molar-refractivity contribution < 1.29 is 19.4 Å². The van der Waals surface area contributed by atoms with Crippen molar-refractivity contribution in [3.63, 3.8) is 0 Å². The summed E-state index contributed by atoms with van der Waals surface area (Å²) in [6.45, 7) is 0.973. The molecule has 0 saturated heterocycles. The van der Waals surface area contributed by atoms with Gasteiger partial charge in [0.1, 0.15) is 11.5 Å². The zero-order chi connectivity index (χ0) is 16.9. The lowest BCUT2D eigenvalue weighted by atomic mass is 10.1. The summed E-state index contributed by atoms with van der Waals surface area (Å²) in [6, 6.07) is 12.9. The first-order valence-corrected chi connectivity index (χ1v) is 8.07. The highest BCUT2D eigenvalue weighted by molar-refractivity contribution is 5.94. The summed E-state index contributed by atoms with van der Waals surface area (Å²) in [5.74, 6) is 1.36. The standard InChI is InChI=1S/C19H21NO4/c1-23-12-11-20-19(22)13-5-7-14(8-6-13)24-18-4-2-3-15-16(18)9-10-17(15)21/h2-8,17,21H,9-12H2,1H3,(H,20,22)/p+1/t17-/m1/s1. The van der Waals surface area contributed by atoms with Crippen molar-refractivity contribution in [3.8, 4) is 11.5 Å². The minimum atomic E-state index is -0.151. The van der Waals surface area contributed by atoms with E-state index in [2.05, 4.69) is 5.32 Å². The first kappa shape index (κ1) is 16.5. The number of ether oxygens (including phenoxy) is 2. The third kappa shape index (κ3) is 3.58. The van der Waals surface area contributed by atoms with Crippen LogP contribution in [0.5, 0.6) is 11.5 Å². The SMILES string of the molecule is COCCNC(=O)c1ccc(Oc2cccc3c2CC[C@H]3[OH2+])cc1. The first-order valence-electron chi connectivity index (χ1n) is 8.07. The van der Waals surface area contributed by atoms with E-state index >= 15 is 0 Å². The van der Waals surface area contributed by atoms with Crippen LogP contribution in [0.3, 0.4) is 0 Å². The Morgan fingerprint density at radius 3 is 2.79 bits per heavy atom. The lowest BCUT2D eigenvalue weighted by molar-refractivity contribution is 0.0937. The van der Waals surface area contributed by atoms with Crippen LogP contribution >= 0.6 is 0 Å². The first-order chi connectivity index (χ1) is 11.7. The summed E-state index contributed by atoms with van der Waals surface area (Å²) in [5.41, 5.74) is 2.77. The van der Waals surface area contributed by atoms with E-state index in [9.17, 15) is 4.79 Å². The van der Waals surface area contributed by atoms with Gasteiger partial charge in [0.2, 0.25) is 0 Å². The molecule has 0 aromatic heterocycles. The summed E-state index contributed by atoms with van der Waals surface area (Å²) in [4.78, 5) is 12.0. The Kier molecular flexibility index (Phi) is 5.13. The van der Waals surface area contributed by atoms with Crippen LogP contribution in [0.2, 0.25) is 0 Å². The van der Waals surface area contributed by atoms with Gasteiger partial charge >= 0.3 is 0 Å². The molecule has 0 radical (unpaired) electrons. The molecule has 24 heavy (non-hydrogen) atoms. The molecule has 2 aromatic rings. The normalized spacial score (nSPS) is 15.8. The van der Waals surface area contributed by atoms with Crippen molar-refractivity contribution in [1.29, 1.82) is 0 Å². The number of benzene rings is 2. The van der Waals surface area contributed by atoms with Gasteiger partial charge < -0.3 is 19.9 Å². The third-order valence-electron chi connectivity index (χ3n) is 4.16. The highest BCUT2D eigenvalue weighted by atomic mass is 16.5. The summed E-state index contributed by atoms with van der Waals surface area (Å²) in [7, 11) is 1.60. The molecule has 0 aliphatic heterocycles. The molecule has 0 bridgehead atoms. The predicted molar refractivity (Wildman–Crippen MR) is 91.8 cm³/mol. The topological polar surface area (TPSA) is 70.5 Å². The number of methoxy groups -OCH3 is 1. The molecule has 0 unspecified atom stereocenters. The van der Waals surface area contributed by atoms with Crippen molar-refractivity contribution in [2.45, 2.75) is 18.9 Å². The van der Waals surface area contributed by atoms with E-state index in [1.54, 1.807) is 31.4 Å². The lowest BCUT2D eigenvalue weighted by Crippen LogP contribution is -2.26. The van der Waals surface area contributed by atoms with Crippen molar-refractivity contribution in [1.82, 2.24) is 5.32 Å². The predicted octanol–water partition coefficient (Wildman–Crippen LogP) is 2.57. The number of hydrogen-bond donors (Lipinski definition) is 1. The van der Waals surface area contributed by atoms with Crippen LogP contribution in [0.25, 0.3) is 0 Å². The molecular formula is C19H22NO4+. The third-order valence-corrected chi connectivity index (χ3v) is 4.16. The van der Waals surface area contributed by atoms with Crippen molar-refractivity contribution in [3.05, 3.63) is 59.2 Å². The number of nitrogens with one attached hydrogen (secondary N) is 1. The number of fused-ring (bicyclic) bond motifs is 1. The van der Waals surface area contributed by atoms with Crippen LogP contribution in [0.4, 0.5) is 0 Å². The average molecular weight is 328 g/mol. The second-order valence-corrected chi connectivity index (χ2v) is 5.79. The van der Waals surface area contributed by atoms with Crippen molar-refractivity contribution in [2.75, 3.05) is 20.3 Å². The van der Waals surface area contributed by atoms with Gasteiger partial charge in [-0.15, -0.1) is 0 Å². The van der Waals surface area contributed by atoms with Gasteiger partial charge in [-0.2, -0.15) is 0 Å². The second kappa shape index (κ2) is 7.47. The molecular weight excluding hydrogens is 306 g/mol. The molecule has 5 nitrogen and oxygen atoms in total. The molecule has 1 aliphatic carbocycles. The van der Waals surface area contributed by atoms with E-state index in [1.807, 2.05) is 18.2 Å². The van der Waals surface area contributed by atoms with Gasteiger partial charge in [0, 0.05) is 36.8 Å². The summed E-state index contributed by atoms with van der Waals surface area (Å²) in [6.07, 6.45) is 1.57. The van der Waals surface area contributed by atoms with Gasteiger partial charge in [-0.3, -0.25) is 4.79 Å². The summed E-state index contributed by atoms with van der Waals surface area (Å²) in [5, 5.41) is 10.8. The molecule has 1 aliphatic rings. The molecule has 0 saturated carbocycles. The Bertz CT molecular complexity index is 712. The van der Waals surface area contributed by atoms with Gasteiger partial charge in [-0.05, 0) is 36.8 Å². The van der Waals surface area contributed by atoms with Crippen LogP contribution < -0.4 is 10.1 Å². The molecule has 2 aromatic carbocycles. The zero-order valence-corrected chi connectivity index (χ0v) is 13.7. The number of carbonyl (C=O) groups is 1. The number of amides is 1. The summed E-state index contributed by atoms with van der Waals surface area (Å²) < 4.78 is 10.9. The Balaban J connectivity index is 1.68. The fourth-order valence-electron chi connectivity index (χ4n) is 2.89. The van der Waals surface area contributed by atoms with Crippen LogP contribution in [0, 0.1) is 0 Å². The van der Waals surface area contributed by atoms with Crippen molar-refractivity contribution >= 4 is 5.91 Å². The van der Waals surface area contributed by atoms with Gasteiger partial charge in [-0.25, -0.2) is 0 Å². The maximum atomic E-state index is 12.0. The molecule has 3 N–H and O–H groups in total. The molecule has 5 heteroatoms. The van der Waals surface area contributed by atoms with Crippen LogP contribution in [0.1, 0.15) is 34.0 Å². The van der Waals surface area contributed by atoms with Gasteiger partial charge in [0.25, 0.3) is 5.91 Å². The van der Waals surface area contributed by atoms with Gasteiger partial charge in [-0.1, -0.05) is 12.1 Å². The van der Waals surface area contributed by atoms with E-state index in [4.69, 9.17) is 14.6 Å². The highest BCUT2D eigenvalue weighted by Crippen LogP contribution is 2.38. The molecule has 1 amide bonds. The van der Waals surface area contributed by atoms with Gasteiger partial charge in [0.15, 0.2) is 6.10 Å². The molecule has 3 rings (SSSR count). The fraction of sp³-hybridized carbons (Fsp3) is 0.316. The minimum Gasteiger partial charge on any atom is -0.457 e.